The van der Waals surface area contributed by atoms with Crippen LogP contribution in [0, 0.1) is 0 Å². The van der Waals surface area contributed by atoms with Gasteiger partial charge in [-0.2, -0.15) is 0 Å². The van der Waals surface area contributed by atoms with Crippen molar-refractivity contribution in [2.45, 2.75) is 12.8 Å². The van der Waals surface area contributed by atoms with Gasteiger partial charge in [0.25, 0.3) is 0 Å². The standard InChI is InChI=1S/C16H15N3O2S/c1-17-15-14-11(9-12(22-14)16(20)21)18-13(19-15)8-7-10-5-3-2-4-6-10/h2-6,9H,7-8H2,1H3,(H,20,21)(H,17,18,19). The van der Waals surface area contributed by atoms with Gasteiger partial charge >= 0.3 is 5.97 Å². The highest BCUT2D eigenvalue weighted by molar-refractivity contribution is 7.21. The fraction of sp³-hybridized carbons (Fsp3) is 0.188. The maximum atomic E-state index is 11.1. The van der Waals surface area contributed by atoms with E-state index in [4.69, 9.17) is 5.11 Å². The van der Waals surface area contributed by atoms with Gasteiger partial charge in [0.05, 0.1) is 10.2 Å². The first-order chi connectivity index (χ1) is 10.7. The molecule has 2 heterocycles. The average Bonchev–Trinajstić information content (AvgIpc) is 2.97. The molecule has 0 saturated heterocycles. The molecule has 0 radical (unpaired) electrons. The maximum Gasteiger partial charge on any atom is 0.345 e. The zero-order valence-corrected chi connectivity index (χ0v) is 12.9. The lowest BCUT2D eigenvalue weighted by atomic mass is 10.1. The minimum Gasteiger partial charge on any atom is -0.477 e. The highest BCUT2D eigenvalue weighted by Crippen LogP contribution is 2.29. The van der Waals surface area contributed by atoms with Crippen molar-refractivity contribution in [2.24, 2.45) is 0 Å². The van der Waals surface area contributed by atoms with Gasteiger partial charge < -0.3 is 10.4 Å². The van der Waals surface area contributed by atoms with Gasteiger partial charge in [0.2, 0.25) is 0 Å². The van der Waals surface area contributed by atoms with Crippen LogP contribution >= 0.6 is 11.3 Å². The third-order valence-corrected chi connectivity index (χ3v) is 4.46. The molecule has 0 unspecified atom stereocenters. The van der Waals surface area contributed by atoms with Crippen molar-refractivity contribution in [1.82, 2.24) is 9.97 Å². The number of carbonyl (C=O) groups is 1. The minimum atomic E-state index is -0.934. The molecule has 0 fully saturated rings. The van der Waals surface area contributed by atoms with Crippen molar-refractivity contribution in [1.29, 1.82) is 0 Å². The molecule has 0 saturated carbocycles. The number of rotatable bonds is 5. The summed E-state index contributed by atoms with van der Waals surface area (Å²) < 4.78 is 0.781. The van der Waals surface area contributed by atoms with Crippen LogP contribution in [0.2, 0.25) is 0 Å². The number of anilines is 1. The van der Waals surface area contributed by atoms with E-state index in [-0.39, 0.29) is 4.88 Å². The van der Waals surface area contributed by atoms with E-state index in [2.05, 4.69) is 27.4 Å². The van der Waals surface area contributed by atoms with Crippen LogP contribution in [-0.2, 0) is 12.8 Å². The summed E-state index contributed by atoms with van der Waals surface area (Å²) >= 11 is 1.19. The van der Waals surface area contributed by atoms with Crippen molar-refractivity contribution >= 4 is 33.3 Å². The first-order valence-electron chi connectivity index (χ1n) is 6.93. The second-order valence-corrected chi connectivity index (χ2v) is 5.91. The molecule has 0 bridgehead atoms. The Morgan fingerprint density at radius 1 is 1.23 bits per heavy atom. The van der Waals surface area contributed by atoms with Gasteiger partial charge in [0.1, 0.15) is 16.5 Å². The topological polar surface area (TPSA) is 75.1 Å². The van der Waals surface area contributed by atoms with Gasteiger partial charge in [0, 0.05) is 13.5 Å². The second kappa shape index (κ2) is 6.11. The van der Waals surface area contributed by atoms with Gasteiger partial charge in [-0.05, 0) is 18.1 Å². The van der Waals surface area contributed by atoms with E-state index in [1.165, 1.54) is 16.9 Å². The Kier molecular flexibility index (Phi) is 4.02. The number of aromatic nitrogens is 2. The molecule has 2 aromatic heterocycles. The molecule has 5 nitrogen and oxygen atoms in total. The number of aryl methyl sites for hydroxylation is 2. The normalized spacial score (nSPS) is 10.8. The first kappa shape index (κ1) is 14.5. The SMILES string of the molecule is CNc1nc(CCc2ccccc2)nc2cc(C(=O)O)sc12. The van der Waals surface area contributed by atoms with Gasteiger partial charge in [-0.25, -0.2) is 14.8 Å². The van der Waals surface area contributed by atoms with Crippen molar-refractivity contribution in [3.63, 3.8) is 0 Å². The molecule has 1 aromatic carbocycles. The Hall–Kier alpha value is -2.47. The van der Waals surface area contributed by atoms with E-state index in [0.717, 1.165) is 16.9 Å². The van der Waals surface area contributed by atoms with Crippen LogP contribution in [0.25, 0.3) is 10.2 Å². The van der Waals surface area contributed by atoms with E-state index in [1.54, 1.807) is 13.1 Å². The summed E-state index contributed by atoms with van der Waals surface area (Å²) in [6.45, 7) is 0. The predicted molar refractivity (Wildman–Crippen MR) is 87.8 cm³/mol. The summed E-state index contributed by atoms with van der Waals surface area (Å²) in [6.07, 6.45) is 1.57. The Balaban J connectivity index is 1.91. The van der Waals surface area contributed by atoms with Gasteiger partial charge in [0.15, 0.2) is 0 Å². The predicted octanol–water partition coefficient (Wildman–Crippen LogP) is 3.22. The van der Waals surface area contributed by atoms with Gasteiger partial charge in [-0.15, -0.1) is 11.3 Å². The fourth-order valence-electron chi connectivity index (χ4n) is 2.27. The molecular weight excluding hydrogens is 298 g/mol. The molecule has 0 aliphatic heterocycles. The summed E-state index contributed by atoms with van der Waals surface area (Å²) in [6, 6.07) is 11.8. The molecule has 22 heavy (non-hydrogen) atoms. The molecule has 2 N–H and O–H groups in total. The first-order valence-corrected chi connectivity index (χ1v) is 7.74. The largest absolute Gasteiger partial charge is 0.477 e. The number of nitrogens with zero attached hydrogens (tertiary/aromatic N) is 2. The van der Waals surface area contributed by atoms with Crippen molar-refractivity contribution in [3.8, 4) is 0 Å². The highest BCUT2D eigenvalue weighted by Gasteiger charge is 2.14. The molecule has 0 spiro atoms. The average molecular weight is 313 g/mol. The van der Waals surface area contributed by atoms with E-state index in [1.807, 2.05) is 18.2 Å². The van der Waals surface area contributed by atoms with E-state index in [9.17, 15) is 4.79 Å². The summed E-state index contributed by atoms with van der Waals surface area (Å²) in [5.74, 6) is 0.469. The molecule has 112 valence electrons. The molecular formula is C16H15N3O2S. The Morgan fingerprint density at radius 3 is 2.68 bits per heavy atom. The monoisotopic (exact) mass is 313 g/mol. The fourth-order valence-corrected chi connectivity index (χ4v) is 3.20. The highest BCUT2D eigenvalue weighted by atomic mass is 32.1. The number of thiophene rings is 1. The summed E-state index contributed by atoms with van der Waals surface area (Å²) in [4.78, 5) is 20.4. The number of fused-ring (bicyclic) bond motifs is 1. The molecule has 0 aliphatic rings. The number of carboxylic acids is 1. The number of nitrogens with one attached hydrogen (secondary N) is 1. The second-order valence-electron chi connectivity index (χ2n) is 4.85. The number of hydrogen-bond acceptors (Lipinski definition) is 5. The van der Waals surface area contributed by atoms with Crippen molar-refractivity contribution < 1.29 is 9.90 Å². The minimum absolute atomic E-state index is 0.279. The number of carboxylic acid groups (broad SMARTS) is 1. The molecule has 0 amide bonds. The third kappa shape index (κ3) is 2.92. The quantitative estimate of drug-likeness (QED) is 0.756. The van der Waals surface area contributed by atoms with Crippen LogP contribution in [0.4, 0.5) is 5.82 Å². The maximum absolute atomic E-state index is 11.1. The van der Waals surface area contributed by atoms with Crippen LogP contribution in [-0.4, -0.2) is 28.1 Å². The smallest absolute Gasteiger partial charge is 0.345 e. The number of benzene rings is 1. The Morgan fingerprint density at radius 2 is 2.00 bits per heavy atom. The molecule has 6 heteroatoms. The van der Waals surface area contributed by atoms with Crippen LogP contribution in [0.5, 0.6) is 0 Å². The van der Waals surface area contributed by atoms with Crippen LogP contribution < -0.4 is 5.32 Å². The Labute approximate surface area is 131 Å². The van der Waals surface area contributed by atoms with Crippen molar-refractivity contribution in [3.05, 3.63) is 52.7 Å². The van der Waals surface area contributed by atoms with Gasteiger partial charge in [-0.1, -0.05) is 30.3 Å². The summed E-state index contributed by atoms with van der Waals surface area (Å²) in [7, 11) is 1.78. The van der Waals surface area contributed by atoms with Crippen LogP contribution in [0.3, 0.4) is 0 Å². The lowest BCUT2D eigenvalue weighted by Crippen LogP contribution is -2.02. The van der Waals surface area contributed by atoms with Crippen LogP contribution in [0.15, 0.2) is 36.4 Å². The van der Waals surface area contributed by atoms with E-state index in [0.29, 0.717) is 17.8 Å². The van der Waals surface area contributed by atoms with Crippen LogP contribution in [0.1, 0.15) is 21.1 Å². The molecule has 0 atom stereocenters. The summed E-state index contributed by atoms with van der Waals surface area (Å²) in [5, 5.41) is 12.1. The van der Waals surface area contributed by atoms with Crippen molar-refractivity contribution in [2.75, 3.05) is 12.4 Å². The Bertz CT molecular complexity index is 815. The lowest BCUT2D eigenvalue weighted by molar-refractivity contribution is 0.0702. The number of aromatic carboxylic acids is 1. The zero-order chi connectivity index (χ0) is 15.5. The molecule has 3 rings (SSSR count). The van der Waals surface area contributed by atoms with E-state index < -0.39 is 5.97 Å². The zero-order valence-electron chi connectivity index (χ0n) is 12.0. The summed E-state index contributed by atoms with van der Waals surface area (Å²) in [5.41, 5.74) is 1.92. The van der Waals surface area contributed by atoms with Gasteiger partial charge in [-0.3, -0.25) is 0 Å². The molecule has 3 aromatic rings. The van der Waals surface area contributed by atoms with E-state index >= 15 is 0 Å². The molecule has 0 aliphatic carbocycles. The number of hydrogen-bond donors (Lipinski definition) is 2. The third-order valence-electron chi connectivity index (χ3n) is 3.35. The lowest BCUT2D eigenvalue weighted by Gasteiger charge is -2.05.